The van der Waals surface area contributed by atoms with Gasteiger partial charge in [0.2, 0.25) is 0 Å². The fraction of sp³-hybridized carbons (Fsp3) is 0.545. The number of carboxylic acids is 1. The van der Waals surface area contributed by atoms with Crippen LogP contribution in [0.4, 0.5) is 0 Å². The maximum Gasteiger partial charge on any atom is 0.306 e. The van der Waals surface area contributed by atoms with Crippen molar-refractivity contribution in [3.8, 4) is 0 Å². The number of halogens is 2. The predicted octanol–water partition coefficient (Wildman–Crippen LogP) is 4.60. The van der Waals surface area contributed by atoms with E-state index in [1.54, 1.807) is 0 Å². The summed E-state index contributed by atoms with van der Waals surface area (Å²) in [6.45, 7) is 1.91. The molecule has 90 valence electrons. The summed E-state index contributed by atoms with van der Waals surface area (Å²) in [4.78, 5) is 10.8. The maximum absolute atomic E-state index is 10.8. The van der Waals surface area contributed by atoms with Crippen LogP contribution in [0.1, 0.15) is 31.7 Å². The van der Waals surface area contributed by atoms with Gasteiger partial charge in [0.05, 0.1) is 14.0 Å². The fourth-order valence-electron chi connectivity index (χ4n) is 1.59. The van der Waals surface area contributed by atoms with Crippen molar-refractivity contribution in [3.05, 3.63) is 19.8 Å². The van der Waals surface area contributed by atoms with E-state index in [0.29, 0.717) is 6.42 Å². The maximum atomic E-state index is 10.8. The molecule has 1 aromatic heterocycles. The number of carboxylic acid groups (broad SMARTS) is 1. The molecule has 0 bridgehead atoms. The van der Waals surface area contributed by atoms with E-state index in [-0.39, 0.29) is 5.92 Å². The molecular formula is C11H14BrClO2S. The summed E-state index contributed by atoms with van der Waals surface area (Å²) in [7, 11) is 0. The number of carbonyl (C=O) groups is 1. The average Bonchev–Trinajstić information content (AvgIpc) is 2.52. The second-order valence-corrected chi connectivity index (χ2v) is 6.72. The van der Waals surface area contributed by atoms with Crippen molar-refractivity contribution in [1.82, 2.24) is 0 Å². The molecule has 0 spiro atoms. The lowest BCUT2D eigenvalue weighted by Crippen LogP contribution is -2.12. The highest BCUT2D eigenvalue weighted by Gasteiger charge is 2.14. The van der Waals surface area contributed by atoms with Crippen LogP contribution in [0, 0.1) is 5.92 Å². The van der Waals surface area contributed by atoms with Crippen molar-refractivity contribution in [2.75, 3.05) is 0 Å². The van der Waals surface area contributed by atoms with Crippen LogP contribution in [0.2, 0.25) is 4.34 Å². The molecule has 0 saturated heterocycles. The van der Waals surface area contributed by atoms with Gasteiger partial charge in [0, 0.05) is 0 Å². The Morgan fingerprint density at radius 2 is 2.38 bits per heavy atom. The summed E-state index contributed by atoms with van der Waals surface area (Å²) < 4.78 is 1.83. The van der Waals surface area contributed by atoms with Crippen LogP contribution in [0.3, 0.4) is 0 Å². The highest BCUT2D eigenvalue weighted by molar-refractivity contribution is 9.11. The Balaban J connectivity index is 2.40. The molecule has 0 radical (unpaired) electrons. The molecule has 0 fully saturated rings. The van der Waals surface area contributed by atoms with Gasteiger partial charge < -0.3 is 5.11 Å². The molecule has 16 heavy (non-hydrogen) atoms. The van der Waals surface area contributed by atoms with Crippen molar-refractivity contribution in [1.29, 1.82) is 0 Å². The third kappa shape index (κ3) is 4.07. The molecule has 2 nitrogen and oxygen atoms in total. The summed E-state index contributed by atoms with van der Waals surface area (Å²) in [5, 5.41) is 8.90. The number of aliphatic carboxylic acids is 1. The van der Waals surface area contributed by atoms with Crippen molar-refractivity contribution in [2.45, 2.75) is 32.6 Å². The van der Waals surface area contributed by atoms with Gasteiger partial charge in [-0.05, 0) is 53.2 Å². The van der Waals surface area contributed by atoms with Gasteiger partial charge in [-0.25, -0.2) is 0 Å². The largest absolute Gasteiger partial charge is 0.481 e. The number of rotatable bonds is 6. The van der Waals surface area contributed by atoms with Gasteiger partial charge in [0.1, 0.15) is 0 Å². The molecule has 0 amide bonds. The van der Waals surface area contributed by atoms with Crippen LogP contribution >= 0.6 is 38.9 Å². The molecule has 0 aliphatic carbocycles. The molecule has 1 N–H and O–H groups in total. The van der Waals surface area contributed by atoms with Crippen molar-refractivity contribution >= 4 is 44.8 Å². The molecular weight excluding hydrogens is 312 g/mol. The molecule has 5 heteroatoms. The normalized spacial score (nSPS) is 12.7. The Morgan fingerprint density at radius 3 is 2.81 bits per heavy atom. The van der Waals surface area contributed by atoms with Crippen LogP contribution in [-0.2, 0) is 11.2 Å². The number of hydrogen-bond donors (Lipinski definition) is 1. The van der Waals surface area contributed by atoms with Gasteiger partial charge in [-0.2, -0.15) is 0 Å². The van der Waals surface area contributed by atoms with E-state index in [4.69, 9.17) is 16.7 Å². The minimum atomic E-state index is -0.694. The fourth-order valence-corrected chi connectivity index (χ4v) is 3.69. The first kappa shape index (κ1) is 14.0. The lowest BCUT2D eigenvalue weighted by molar-refractivity contribution is -0.142. The molecule has 1 unspecified atom stereocenters. The Hall–Kier alpha value is -0.0600. The second-order valence-electron chi connectivity index (χ2n) is 3.69. The summed E-state index contributed by atoms with van der Waals surface area (Å²) in [6, 6.07) is 2.01. The van der Waals surface area contributed by atoms with E-state index >= 15 is 0 Å². The van der Waals surface area contributed by atoms with Gasteiger partial charge in [-0.15, -0.1) is 11.3 Å². The molecule has 0 saturated carbocycles. The first-order valence-corrected chi connectivity index (χ1v) is 7.19. The van der Waals surface area contributed by atoms with Crippen LogP contribution in [0.15, 0.2) is 9.85 Å². The van der Waals surface area contributed by atoms with E-state index in [0.717, 1.165) is 32.9 Å². The summed E-state index contributed by atoms with van der Waals surface area (Å²) in [5.41, 5.74) is 1.11. The third-order valence-electron chi connectivity index (χ3n) is 2.57. The van der Waals surface area contributed by atoms with Gasteiger partial charge in [0.15, 0.2) is 0 Å². The lowest BCUT2D eigenvalue weighted by atomic mass is 9.98. The molecule has 1 atom stereocenters. The average molecular weight is 326 g/mol. The Labute approximate surface area is 113 Å². The van der Waals surface area contributed by atoms with Crippen LogP contribution in [0.5, 0.6) is 0 Å². The molecule has 0 aliphatic rings. The smallest absolute Gasteiger partial charge is 0.306 e. The Kier molecular flexibility index (Phi) is 5.79. The second kappa shape index (κ2) is 6.62. The minimum absolute atomic E-state index is 0.221. The zero-order valence-corrected chi connectivity index (χ0v) is 12.2. The molecule has 1 aromatic rings. The quantitative estimate of drug-likeness (QED) is 0.830. The van der Waals surface area contributed by atoms with Gasteiger partial charge >= 0.3 is 5.97 Å². The lowest BCUT2D eigenvalue weighted by Gasteiger charge is -2.08. The zero-order chi connectivity index (χ0) is 12.1. The number of hydrogen-bond acceptors (Lipinski definition) is 2. The van der Waals surface area contributed by atoms with E-state index in [2.05, 4.69) is 15.9 Å². The van der Waals surface area contributed by atoms with Gasteiger partial charge in [-0.3, -0.25) is 4.79 Å². The van der Waals surface area contributed by atoms with Crippen molar-refractivity contribution < 1.29 is 9.90 Å². The van der Waals surface area contributed by atoms with Crippen molar-refractivity contribution in [2.24, 2.45) is 5.92 Å². The van der Waals surface area contributed by atoms with Crippen LogP contribution < -0.4 is 0 Å². The van der Waals surface area contributed by atoms with E-state index in [9.17, 15) is 4.79 Å². The highest BCUT2D eigenvalue weighted by Crippen LogP contribution is 2.32. The van der Waals surface area contributed by atoms with Gasteiger partial charge in [0.25, 0.3) is 0 Å². The Morgan fingerprint density at radius 1 is 1.69 bits per heavy atom. The van der Waals surface area contributed by atoms with E-state index < -0.39 is 5.97 Å². The summed E-state index contributed by atoms with van der Waals surface area (Å²) in [6.07, 6.45) is 3.13. The SMILES string of the molecule is CCC(CCCc1cc(Br)sc1Cl)C(=O)O. The molecule has 1 rings (SSSR count). The highest BCUT2D eigenvalue weighted by atomic mass is 79.9. The monoisotopic (exact) mass is 324 g/mol. The van der Waals surface area contributed by atoms with Gasteiger partial charge in [-0.1, -0.05) is 18.5 Å². The standard InChI is InChI=1S/C11H14BrClO2S/c1-2-7(11(14)15)4-3-5-8-6-9(12)16-10(8)13/h6-7H,2-5H2,1H3,(H,14,15). The van der Waals surface area contributed by atoms with Crippen LogP contribution in [0.25, 0.3) is 0 Å². The summed E-state index contributed by atoms with van der Waals surface area (Å²) >= 11 is 10.9. The molecule has 0 aromatic carbocycles. The first-order chi connectivity index (χ1) is 7.54. The minimum Gasteiger partial charge on any atom is -0.481 e. The van der Waals surface area contributed by atoms with Crippen molar-refractivity contribution in [3.63, 3.8) is 0 Å². The van der Waals surface area contributed by atoms with E-state index in [1.807, 2.05) is 13.0 Å². The van der Waals surface area contributed by atoms with E-state index in [1.165, 1.54) is 11.3 Å². The number of aryl methyl sites for hydroxylation is 1. The third-order valence-corrected chi connectivity index (χ3v) is 4.51. The molecule has 0 aliphatic heterocycles. The zero-order valence-electron chi connectivity index (χ0n) is 9.00. The molecule has 1 heterocycles. The van der Waals surface area contributed by atoms with Crippen LogP contribution in [-0.4, -0.2) is 11.1 Å². The topological polar surface area (TPSA) is 37.3 Å². The predicted molar refractivity (Wildman–Crippen MR) is 71.4 cm³/mol. The summed E-state index contributed by atoms with van der Waals surface area (Å²) in [5.74, 6) is -0.916. The Bertz CT molecular complexity index is 365. The first-order valence-electron chi connectivity index (χ1n) is 5.21. The number of thiophene rings is 1.